The summed E-state index contributed by atoms with van der Waals surface area (Å²) in [6.07, 6.45) is 1.01. The number of anilines is 2. The Labute approximate surface area is 96.2 Å². The predicted molar refractivity (Wildman–Crippen MR) is 66.4 cm³/mol. The summed E-state index contributed by atoms with van der Waals surface area (Å²) in [6, 6.07) is 3.49. The third-order valence-electron chi connectivity index (χ3n) is 2.96. The number of hydrogen-bond acceptors (Lipinski definition) is 3. The Bertz CT molecular complexity index is 350. The van der Waals surface area contributed by atoms with E-state index >= 15 is 0 Å². The Morgan fingerprint density at radius 2 is 2.07 bits per heavy atom. The molecule has 2 N–H and O–H groups in total. The van der Waals surface area contributed by atoms with Crippen LogP contribution in [0.4, 0.5) is 11.5 Å². The van der Waals surface area contributed by atoms with E-state index in [-0.39, 0.29) is 5.54 Å². The van der Waals surface area contributed by atoms with Crippen molar-refractivity contribution in [3.8, 4) is 0 Å². The van der Waals surface area contributed by atoms with Gasteiger partial charge >= 0.3 is 0 Å². The molecule has 3 nitrogen and oxygen atoms in total. The molecule has 0 saturated carbocycles. The predicted octanol–water partition coefficient (Wildman–Crippen LogP) is 2.94. The minimum Gasteiger partial charge on any atom is -0.396 e. The summed E-state index contributed by atoms with van der Waals surface area (Å²) in [7, 11) is 1.98. The summed E-state index contributed by atoms with van der Waals surface area (Å²) in [6.45, 7) is 6.43. The van der Waals surface area contributed by atoms with Crippen LogP contribution in [0.3, 0.4) is 0 Å². The number of hydrogen-bond donors (Lipinski definition) is 1. The first-order valence-electron chi connectivity index (χ1n) is 5.04. The van der Waals surface area contributed by atoms with Crippen LogP contribution < -0.4 is 10.6 Å². The number of rotatable bonds is 3. The summed E-state index contributed by atoms with van der Waals surface area (Å²) in [5.74, 6) is 0.745. The third-order valence-corrected chi connectivity index (χ3v) is 3.17. The summed E-state index contributed by atoms with van der Waals surface area (Å²) < 4.78 is 0. The average molecular weight is 228 g/mol. The molecule has 15 heavy (non-hydrogen) atoms. The highest BCUT2D eigenvalue weighted by atomic mass is 35.5. The molecule has 1 heterocycles. The zero-order valence-corrected chi connectivity index (χ0v) is 10.5. The van der Waals surface area contributed by atoms with Gasteiger partial charge < -0.3 is 10.6 Å². The summed E-state index contributed by atoms with van der Waals surface area (Å²) in [4.78, 5) is 6.32. The molecule has 0 aromatic carbocycles. The van der Waals surface area contributed by atoms with Crippen LogP contribution in [0.15, 0.2) is 12.1 Å². The molecular weight excluding hydrogens is 210 g/mol. The van der Waals surface area contributed by atoms with Crippen molar-refractivity contribution in [2.45, 2.75) is 32.7 Å². The van der Waals surface area contributed by atoms with E-state index in [0.29, 0.717) is 10.8 Å². The van der Waals surface area contributed by atoms with Gasteiger partial charge in [-0.2, -0.15) is 0 Å². The summed E-state index contributed by atoms with van der Waals surface area (Å²) in [5, 5.41) is 0.470. The average Bonchev–Trinajstić information content (AvgIpc) is 2.20. The second-order valence-electron chi connectivity index (χ2n) is 4.27. The Balaban J connectivity index is 3.10. The Morgan fingerprint density at radius 3 is 2.60 bits per heavy atom. The van der Waals surface area contributed by atoms with Crippen LogP contribution in [0, 0.1) is 0 Å². The Kier molecular flexibility index (Phi) is 3.45. The van der Waals surface area contributed by atoms with Crippen LogP contribution in [0.1, 0.15) is 27.2 Å². The monoisotopic (exact) mass is 227 g/mol. The van der Waals surface area contributed by atoms with Gasteiger partial charge in [0, 0.05) is 12.6 Å². The lowest BCUT2D eigenvalue weighted by Gasteiger charge is -2.36. The van der Waals surface area contributed by atoms with Crippen molar-refractivity contribution in [1.29, 1.82) is 0 Å². The van der Waals surface area contributed by atoms with Crippen LogP contribution in [0.2, 0.25) is 5.15 Å². The molecule has 0 aliphatic heterocycles. The van der Waals surface area contributed by atoms with Gasteiger partial charge in [-0.1, -0.05) is 18.5 Å². The summed E-state index contributed by atoms with van der Waals surface area (Å²) in [5.41, 5.74) is 6.55. The molecule has 0 spiro atoms. The van der Waals surface area contributed by atoms with Crippen LogP contribution in [-0.4, -0.2) is 17.6 Å². The van der Waals surface area contributed by atoms with Crippen molar-refractivity contribution < 1.29 is 0 Å². The molecule has 0 bridgehead atoms. The molecule has 0 aliphatic carbocycles. The third kappa shape index (κ3) is 2.53. The first kappa shape index (κ1) is 12.1. The molecule has 0 fully saturated rings. The van der Waals surface area contributed by atoms with Gasteiger partial charge in [-0.3, -0.25) is 0 Å². The molecule has 4 heteroatoms. The first-order valence-corrected chi connectivity index (χ1v) is 5.42. The van der Waals surface area contributed by atoms with Gasteiger partial charge in [0.25, 0.3) is 0 Å². The normalized spacial score (nSPS) is 11.5. The van der Waals surface area contributed by atoms with Crippen molar-refractivity contribution in [3.05, 3.63) is 17.3 Å². The second-order valence-corrected chi connectivity index (χ2v) is 4.66. The number of pyridine rings is 1. The molecule has 0 atom stereocenters. The SMILES string of the molecule is CCC(C)(C)N(C)c1nc(Cl)ccc1N. The van der Waals surface area contributed by atoms with Gasteiger partial charge in [-0.05, 0) is 32.4 Å². The fourth-order valence-corrected chi connectivity index (χ4v) is 1.37. The van der Waals surface area contributed by atoms with E-state index in [2.05, 4.69) is 30.7 Å². The summed E-state index contributed by atoms with van der Waals surface area (Å²) >= 11 is 5.86. The highest BCUT2D eigenvalue weighted by molar-refractivity contribution is 6.29. The van der Waals surface area contributed by atoms with Gasteiger partial charge in [0.05, 0.1) is 5.69 Å². The van der Waals surface area contributed by atoms with E-state index < -0.39 is 0 Å². The van der Waals surface area contributed by atoms with Crippen LogP contribution in [0.25, 0.3) is 0 Å². The van der Waals surface area contributed by atoms with Gasteiger partial charge in [-0.15, -0.1) is 0 Å². The topological polar surface area (TPSA) is 42.2 Å². The molecule has 0 saturated heterocycles. The van der Waals surface area contributed by atoms with Crippen LogP contribution >= 0.6 is 11.6 Å². The van der Waals surface area contributed by atoms with Gasteiger partial charge in [0.2, 0.25) is 0 Å². The van der Waals surface area contributed by atoms with Crippen molar-refractivity contribution in [2.75, 3.05) is 17.7 Å². The molecule has 0 unspecified atom stereocenters. The highest BCUT2D eigenvalue weighted by Crippen LogP contribution is 2.28. The molecule has 1 aromatic heterocycles. The lowest BCUT2D eigenvalue weighted by Crippen LogP contribution is -2.41. The Morgan fingerprint density at radius 1 is 1.47 bits per heavy atom. The quantitative estimate of drug-likeness (QED) is 0.808. The molecular formula is C11H18ClN3. The Hall–Kier alpha value is -0.960. The molecule has 0 aliphatic rings. The van der Waals surface area contributed by atoms with Crippen molar-refractivity contribution >= 4 is 23.1 Å². The molecule has 0 amide bonds. The largest absolute Gasteiger partial charge is 0.396 e. The van der Waals surface area contributed by atoms with Crippen LogP contribution in [0.5, 0.6) is 0 Å². The minimum absolute atomic E-state index is 0.0196. The number of nitrogens with zero attached hydrogens (tertiary/aromatic N) is 2. The zero-order chi connectivity index (χ0) is 11.6. The van der Waals surface area contributed by atoms with E-state index in [1.807, 2.05) is 7.05 Å². The molecule has 0 radical (unpaired) electrons. The number of nitrogens with two attached hydrogens (primary N) is 1. The number of halogens is 1. The van der Waals surface area contributed by atoms with Gasteiger partial charge in [0.15, 0.2) is 5.82 Å². The molecule has 1 aromatic rings. The highest BCUT2D eigenvalue weighted by Gasteiger charge is 2.23. The van der Waals surface area contributed by atoms with E-state index in [4.69, 9.17) is 17.3 Å². The van der Waals surface area contributed by atoms with Crippen molar-refractivity contribution in [3.63, 3.8) is 0 Å². The van der Waals surface area contributed by atoms with Gasteiger partial charge in [0.1, 0.15) is 5.15 Å². The number of aromatic nitrogens is 1. The molecule has 1 rings (SSSR count). The number of nitrogen functional groups attached to an aromatic ring is 1. The van der Waals surface area contributed by atoms with E-state index in [1.54, 1.807) is 12.1 Å². The lowest BCUT2D eigenvalue weighted by molar-refractivity contribution is 0.468. The maximum absolute atomic E-state index is 5.88. The zero-order valence-electron chi connectivity index (χ0n) is 9.71. The smallest absolute Gasteiger partial charge is 0.153 e. The van der Waals surface area contributed by atoms with Crippen molar-refractivity contribution in [1.82, 2.24) is 4.98 Å². The standard InChI is InChI=1S/C11H18ClN3/c1-5-11(2,3)15(4)10-8(13)6-7-9(12)14-10/h6-7H,5,13H2,1-4H3. The maximum atomic E-state index is 5.88. The minimum atomic E-state index is 0.0196. The van der Waals surface area contributed by atoms with E-state index in [9.17, 15) is 0 Å². The van der Waals surface area contributed by atoms with Crippen LogP contribution in [-0.2, 0) is 0 Å². The van der Waals surface area contributed by atoms with E-state index in [0.717, 1.165) is 12.2 Å². The lowest BCUT2D eigenvalue weighted by atomic mass is 10.00. The first-order chi connectivity index (χ1) is 6.88. The van der Waals surface area contributed by atoms with Crippen molar-refractivity contribution in [2.24, 2.45) is 0 Å². The fourth-order valence-electron chi connectivity index (χ4n) is 1.23. The second kappa shape index (κ2) is 4.27. The fraction of sp³-hybridized carbons (Fsp3) is 0.545. The molecule has 84 valence electrons. The maximum Gasteiger partial charge on any atom is 0.153 e. The van der Waals surface area contributed by atoms with Gasteiger partial charge in [-0.25, -0.2) is 4.98 Å². The van der Waals surface area contributed by atoms with E-state index in [1.165, 1.54) is 0 Å².